The predicted molar refractivity (Wildman–Crippen MR) is 103 cm³/mol. The minimum Gasteiger partial charge on any atom is -0.497 e. The number of aromatic amines is 1. The van der Waals surface area contributed by atoms with Crippen molar-refractivity contribution in [1.82, 2.24) is 10.3 Å². The van der Waals surface area contributed by atoms with Gasteiger partial charge >= 0.3 is 0 Å². The third-order valence-electron chi connectivity index (χ3n) is 4.32. The van der Waals surface area contributed by atoms with Crippen LogP contribution in [-0.4, -0.2) is 24.5 Å². The van der Waals surface area contributed by atoms with Crippen LogP contribution in [0.25, 0.3) is 10.9 Å². The number of aromatic nitrogens is 1. The molecular formula is C21H22N2O3. The fourth-order valence-electron chi connectivity index (χ4n) is 2.89. The molecule has 0 bridgehead atoms. The number of ether oxygens (including phenoxy) is 1. The zero-order valence-corrected chi connectivity index (χ0v) is 14.7. The topological polar surface area (TPSA) is 71.2 Å². The number of aryl methyl sites for hydroxylation is 1. The molecule has 134 valence electrons. The number of carbonyl (C=O) groups excluding carboxylic acids is 1. The molecule has 2 aromatic carbocycles. The lowest BCUT2D eigenvalue weighted by Gasteiger charge is -2.07. The third-order valence-corrected chi connectivity index (χ3v) is 4.32. The number of para-hydroxylation sites is 1. The molecule has 0 aliphatic rings. The van der Waals surface area contributed by atoms with Gasteiger partial charge in [0.25, 0.3) is 5.56 Å². The summed E-state index contributed by atoms with van der Waals surface area (Å²) in [5.74, 6) is 0.767. The van der Waals surface area contributed by atoms with E-state index in [1.807, 2.05) is 54.6 Å². The van der Waals surface area contributed by atoms with E-state index in [9.17, 15) is 9.59 Å². The molecule has 0 spiro atoms. The lowest BCUT2D eigenvalue weighted by molar-refractivity contribution is -0.121. The Morgan fingerprint density at radius 2 is 1.92 bits per heavy atom. The molecule has 0 aliphatic carbocycles. The maximum absolute atomic E-state index is 12.1. The molecule has 0 fully saturated rings. The predicted octanol–water partition coefficient (Wildman–Crippen LogP) is 2.83. The van der Waals surface area contributed by atoms with Crippen LogP contribution < -0.4 is 15.6 Å². The van der Waals surface area contributed by atoms with E-state index in [0.29, 0.717) is 31.4 Å². The van der Waals surface area contributed by atoms with Crippen molar-refractivity contribution < 1.29 is 9.53 Å². The van der Waals surface area contributed by atoms with Gasteiger partial charge in [0, 0.05) is 24.0 Å². The van der Waals surface area contributed by atoms with Crippen molar-refractivity contribution in [3.8, 4) is 5.75 Å². The largest absolute Gasteiger partial charge is 0.497 e. The molecule has 1 aromatic heterocycles. The number of carbonyl (C=O) groups is 1. The van der Waals surface area contributed by atoms with Gasteiger partial charge < -0.3 is 15.0 Å². The molecule has 3 rings (SSSR count). The summed E-state index contributed by atoms with van der Waals surface area (Å²) in [4.78, 5) is 27.0. The highest BCUT2D eigenvalue weighted by atomic mass is 16.5. The number of rotatable bonds is 7. The van der Waals surface area contributed by atoms with Crippen LogP contribution in [0, 0.1) is 0 Å². The molecule has 1 amide bonds. The van der Waals surface area contributed by atoms with Gasteiger partial charge in [0.15, 0.2) is 0 Å². The average Bonchev–Trinajstić information content (AvgIpc) is 2.67. The van der Waals surface area contributed by atoms with Gasteiger partial charge in [0.1, 0.15) is 5.75 Å². The molecule has 5 heteroatoms. The number of methoxy groups -OCH3 is 1. The van der Waals surface area contributed by atoms with Crippen molar-refractivity contribution in [2.24, 2.45) is 0 Å². The maximum atomic E-state index is 12.1. The Kier molecular flexibility index (Phi) is 5.69. The maximum Gasteiger partial charge on any atom is 0.251 e. The molecule has 0 radical (unpaired) electrons. The highest BCUT2D eigenvalue weighted by molar-refractivity contribution is 5.79. The molecule has 2 N–H and O–H groups in total. The van der Waals surface area contributed by atoms with Crippen molar-refractivity contribution in [2.45, 2.75) is 19.3 Å². The minimum absolute atomic E-state index is 0.0231. The van der Waals surface area contributed by atoms with Crippen LogP contribution in [0.5, 0.6) is 5.75 Å². The summed E-state index contributed by atoms with van der Waals surface area (Å²) in [6.07, 6.45) is 1.56. The highest BCUT2D eigenvalue weighted by Crippen LogP contribution is 2.14. The van der Waals surface area contributed by atoms with Crippen LogP contribution in [0.4, 0.5) is 0 Å². The average molecular weight is 350 g/mol. The lowest BCUT2D eigenvalue weighted by atomic mass is 10.1. The molecular weight excluding hydrogens is 328 g/mol. The fourth-order valence-corrected chi connectivity index (χ4v) is 2.89. The Balaban J connectivity index is 1.50. The van der Waals surface area contributed by atoms with Crippen LogP contribution in [0.15, 0.2) is 59.4 Å². The smallest absolute Gasteiger partial charge is 0.251 e. The van der Waals surface area contributed by atoms with E-state index in [0.717, 1.165) is 22.2 Å². The SMILES string of the molecule is COc1cccc(CCC(=O)NCCc2cc3ccccc3[nH]c2=O)c1. The van der Waals surface area contributed by atoms with Gasteiger partial charge in [-0.05, 0) is 48.1 Å². The summed E-state index contributed by atoms with van der Waals surface area (Å²) in [7, 11) is 1.63. The van der Waals surface area contributed by atoms with Gasteiger partial charge in [0.2, 0.25) is 5.91 Å². The number of nitrogens with one attached hydrogen (secondary N) is 2. The van der Waals surface area contributed by atoms with E-state index >= 15 is 0 Å². The summed E-state index contributed by atoms with van der Waals surface area (Å²) in [6, 6.07) is 17.2. The first-order valence-electron chi connectivity index (χ1n) is 8.66. The molecule has 5 nitrogen and oxygen atoms in total. The Bertz CT molecular complexity index is 963. The number of pyridine rings is 1. The summed E-state index contributed by atoms with van der Waals surface area (Å²) >= 11 is 0. The summed E-state index contributed by atoms with van der Waals surface area (Å²) in [5, 5.41) is 3.87. The van der Waals surface area contributed by atoms with Gasteiger partial charge in [-0.15, -0.1) is 0 Å². The molecule has 0 unspecified atom stereocenters. The van der Waals surface area contributed by atoms with Crippen molar-refractivity contribution in [2.75, 3.05) is 13.7 Å². The Hall–Kier alpha value is -3.08. The normalized spacial score (nSPS) is 10.7. The molecule has 1 heterocycles. The van der Waals surface area contributed by atoms with Crippen LogP contribution in [0.2, 0.25) is 0 Å². The zero-order valence-electron chi connectivity index (χ0n) is 14.7. The van der Waals surface area contributed by atoms with Crippen molar-refractivity contribution >= 4 is 16.8 Å². The number of hydrogen-bond donors (Lipinski definition) is 2. The van der Waals surface area contributed by atoms with Crippen molar-refractivity contribution in [3.63, 3.8) is 0 Å². The van der Waals surface area contributed by atoms with Gasteiger partial charge in [-0.1, -0.05) is 30.3 Å². The second-order valence-electron chi connectivity index (χ2n) is 6.16. The molecule has 3 aromatic rings. The second-order valence-corrected chi connectivity index (χ2v) is 6.16. The minimum atomic E-state index is -0.102. The molecule has 0 aliphatic heterocycles. The number of fused-ring (bicyclic) bond motifs is 1. The Labute approximate surface area is 152 Å². The Morgan fingerprint density at radius 3 is 2.77 bits per heavy atom. The van der Waals surface area contributed by atoms with Gasteiger partial charge in [0.05, 0.1) is 7.11 Å². The van der Waals surface area contributed by atoms with Crippen LogP contribution >= 0.6 is 0 Å². The second kappa shape index (κ2) is 8.34. The first-order valence-corrected chi connectivity index (χ1v) is 8.66. The number of H-pyrrole nitrogens is 1. The molecule has 0 atom stereocenters. The van der Waals surface area contributed by atoms with E-state index in [1.165, 1.54) is 0 Å². The van der Waals surface area contributed by atoms with E-state index < -0.39 is 0 Å². The first kappa shape index (κ1) is 17.7. The first-order chi connectivity index (χ1) is 12.7. The summed E-state index contributed by atoms with van der Waals surface area (Å²) in [5.41, 5.74) is 2.46. The highest BCUT2D eigenvalue weighted by Gasteiger charge is 2.06. The molecule has 0 saturated heterocycles. The van der Waals surface area contributed by atoms with E-state index in [-0.39, 0.29) is 11.5 Å². The standard InChI is InChI=1S/C21H22N2O3/c1-26-18-7-4-5-15(13-18)9-10-20(24)22-12-11-17-14-16-6-2-3-8-19(16)23-21(17)25/h2-8,13-14H,9-12H2,1H3,(H,22,24)(H,23,25). The van der Waals surface area contributed by atoms with Crippen LogP contribution in [0.3, 0.4) is 0 Å². The summed E-state index contributed by atoms with van der Waals surface area (Å²) in [6.45, 7) is 0.443. The number of benzene rings is 2. The van der Waals surface area contributed by atoms with Crippen LogP contribution in [0.1, 0.15) is 17.5 Å². The zero-order chi connectivity index (χ0) is 18.4. The lowest BCUT2D eigenvalue weighted by Crippen LogP contribution is -2.27. The van der Waals surface area contributed by atoms with Crippen molar-refractivity contribution in [3.05, 3.63) is 76.1 Å². The molecule has 26 heavy (non-hydrogen) atoms. The Morgan fingerprint density at radius 1 is 1.08 bits per heavy atom. The monoisotopic (exact) mass is 350 g/mol. The van der Waals surface area contributed by atoms with E-state index in [2.05, 4.69) is 10.3 Å². The quantitative estimate of drug-likeness (QED) is 0.688. The fraction of sp³-hybridized carbons (Fsp3) is 0.238. The van der Waals surface area contributed by atoms with Gasteiger partial charge in [-0.2, -0.15) is 0 Å². The van der Waals surface area contributed by atoms with E-state index in [4.69, 9.17) is 4.74 Å². The third kappa shape index (κ3) is 4.51. The number of hydrogen-bond acceptors (Lipinski definition) is 3. The van der Waals surface area contributed by atoms with Gasteiger partial charge in [-0.3, -0.25) is 9.59 Å². The number of amides is 1. The van der Waals surface area contributed by atoms with Gasteiger partial charge in [-0.25, -0.2) is 0 Å². The molecule has 0 saturated carbocycles. The van der Waals surface area contributed by atoms with Crippen LogP contribution in [-0.2, 0) is 17.6 Å². The van der Waals surface area contributed by atoms with Crippen molar-refractivity contribution in [1.29, 1.82) is 0 Å². The van der Waals surface area contributed by atoms with E-state index in [1.54, 1.807) is 7.11 Å². The summed E-state index contributed by atoms with van der Waals surface area (Å²) < 4.78 is 5.18.